The Hall–Kier alpha value is -3.15. The second-order valence-electron chi connectivity index (χ2n) is 7.40. The molecule has 30 heavy (non-hydrogen) atoms. The summed E-state index contributed by atoms with van der Waals surface area (Å²) in [6.45, 7) is 4.06. The molecule has 2 aromatic rings. The number of rotatable bonds is 8. The molecule has 0 fully saturated rings. The highest BCUT2D eigenvalue weighted by Crippen LogP contribution is 2.31. The van der Waals surface area contributed by atoms with Gasteiger partial charge in [0.25, 0.3) is 11.7 Å². The molecule has 1 aromatic heterocycles. The molecule has 6 nitrogen and oxygen atoms in total. The fourth-order valence-electron chi connectivity index (χ4n) is 3.81. The molecule has 0 spiro atoms. The topological polar surface area (TPSA) is 88.3 Å². The summed E-state index contributed by atoms with van der Waals surface area (Å²) in [7, 11) is 0. The van der Waals surface area contributed by atoms with Crippen LogP contribution in [0.2, 0.25) is 0 Å². The molecule has 2 N–H and O–H groups in total. The van der Waals surface area contributed by atoms with Crippen molar-refractivity contribution in [2.45, 2.75) is 46.0 Å². The van der Waals surface area contributed by atoms with E-state index in [1.54, 1.807) is 26.0 Å². The van der Waals surface area contributed by atoms with Crippen LogP contribution >= 0.6 is 0 Å². The third kappa shape index (κ3) is 4.87. The number of H-pyrrole nitrogens is 1. The maximum atomic E-state index is 13.0. The van der Waals surface area contributed by atoms with Crippen LogP contribution in [-0.2, 0) is 9.53 Å². The van der Waals surface area contributed by atoms with Crippen LogP contribution in [-0.4, -0.2) is 35.8 Å². The van der Waals surface area contributed by atoms with E-state index in [1.807, 2.05) is 18.2 Å². The number of nitrogens with one attached hydrogen (secondary N) is 2. The van der Waals surface area contributed by atoms with Gasteiger partial charge in [0.05, 0.1) is 12.2 Å². The maximum Gasteiger partial charge on any atom is 0.340 e. The Morgan fingerprint density at radius 2 is 1.90 bits per heavy atom. The number of esters is 1. The lowest BCUT2D eigenvalue weighted by atomic mass is 9.97. The van der Waals surface area contributed by atoms with Gasteiger partial charge in [-0.1, -0.05) is 42.0 Å². The molecule has 1 heterocycles. The minimum Gasteiger partial charge on any atom is -0.462 e. The average Bonchev–Trinajstić information content (AvgIpc) is 3.11. The van der Waals surface area contributed by atoms with Crippen LogP contribution in [0.25, 0.3) is 11.1 Å². The molecule has 0 unspecified atom stereocenters. The van der Waals surface area contributed by atoms with E-state index < -0.39 is 17.7 Å². The number of ether oxygens (including phenoxy) is 1. The van der Waals surface area contributed by atoms with Crippen molar-refractivity contribution in [1.29, 1.82) is 0 Å². The van der Waals surface area contributed by atoms with Crippen LogP contribution < -0.4 is 5.32 Å². The predicted octanol–water partition coefficient (Wildman–Crippen LogP) is 4.36. The third-order valence-electron chi connectivity index (χ3n) is 5.28. The van der Waals surface area contributed by atoms with Crippen molar-refractivity contribution in [3.05, 3.63) is 58.9 Å². The van der Waals surface area contributed by atoms with Gasteiger partial charge in [0.1, 0.15) is 5.69 Å². The Bertz CT molecular complexity index is 957. The Labute approximate surface area is 176 Å². The summed E-state index contributed by atoms with van der Waals surface area (Å²) in [5.74, 6) is -1.89. The number of aromatic nitrogens is 1. The normalized spacial score (nSPS) is 13.5. The van der Waals surface area contributed by atoms with Crippen molar-refractivity contribution in [1.82, 2.24) is 10.3 Å². The highest BCUT2D eigenvalue weighted by Gasteiger charge is 2.29. The molecule has 158 valence electrons. The van der Waals surface area contributed by atoms with E-state index in [4.69, 9.17) is 4.74 Å². The quantitative estimate of drug-likeness (QED) is 0.294. The number of hydrogen-bond donors (Lipinski definition) is 2. The minimum atomic E-state index is -0.690. The molecular weight excluding hydrogens is 380 g/mol. The SMILES string of the molecule is CCOC(=O)c1c(C)[nH]c(C(=O)C(=O)NCCC2=CCCCC2)c1-c1ccccc1. The first-order valence-electron chi connectivity index (χ1n) is 10.5. The second kappa shape index (κ2) is 10.1. The van der Waals surface area contributed by atoms with Crippen LogP contribution in [0.1, 0.15) is 65.6 Å². The molecule has 0 aliphatic heterocycles. The van der Waals surface area contributed by atoms with Gasteiger partial charge in [-0.3, -0.25) is 9.59 Å². The van der Waals surface area contributed by atoms with Gasteiger partial charge in [-0.2, -0.15) is 0 Å². The van der Waals surface area contributed by atoms with E-state index in [9.17, 15) is 14.4 Å². The first-order chi connectivity index (χ1) is 14.5. The van der Waals surface area contributed by atoms with E-state index in [2.05, 4.69) is 16.4 Å². The van der Waals surface area contributed by atoms with Crippen LogP contribution in [0.3, 0.4) is 0 Å². The Morgan fingerprint density at radius 1 is 1.13 bits per heavy atom. The molecule has 1 aliphatic carbocycles. The predicted molar refractivity (Wildman–Crippen MR) is 115 cm³/mol. The van der Waals surface area contributed by atoms with Crippen LogP contribution in [0, 0.1) is 6.92 Å². The van der Waals surface area contributed by atoms with E-state index in [0.29, 0.717) is 23.4 Å². The molecular formula is C24H28N2O4. The number of aryl methyl sites for hydroxylation is 1. The van der Waals surface area contributed by atoms with Gasteiger partial charge in [0.2, 0.25) is 0 Å². The summed E-state index contributed by atoms with van der Waals surface area (Å²) < 4.78 is 5.18. The molecule has 0 saturated heterocycles. The van der Waals surface area contributed by atoms with Crippen molar-refractivity contribution in [3.63, 3.8) is 0 Å². The van der Waals surface area contributed by atoms with Crippen LogP contribution in [0.4, 0.5) is 0 Å². The number of allylic oxidation sites excluding steroid dienone is 1. The zero-order valence-corrected chi connectivity index (χ0v) is 17.5. The third-order valence-corrected chi connectivity index (χ3v) is 5.28. The number of carbonyl (C=O) groups excluding carboxylic acids is 3. The zero-order valence-electron chi connectivity index (χ0n) is 17.5. The molecule has 0 bridgehead atoms. The molecule has 1 aromatic carbocycles. The van der Waals surface area contributed by atoms with Crippen LogP contribution in [0.15, 0.2) is 42.0 Å². The Kier molecular flexibility index (Phi) is 7.22. The fraction of sp³-hybridized carbons (Fsp3) is 0.375. The second-order valence-corrected chi connectivity index (χ2v) is 7.40. The number of amides is 1. The number of hydrogen-bond acceptors (Lipinski definition) is 4. The van der Waals surface area contributed by atoms with E-state index in [1.165, 1.54) is 18.4 Å². The fourth-order valence-corrected chi connectivity index (χ4v) is 3.81. The van der Waals surface area contributed by atoms with E-state index in [0.717, 1.165) is 19.3 Å². The van der Waals surface area contributed by atoms with Crippen molar-refractivity contribution < 1.29 is 19.1 Å². The number of carbonyl (C=O) groups is 3. The molecule has 1 aliphatic rings. The van der Waals surface area contributed by atoms with Gasteiger partial charge in [-0.25, -0.2) is 4.79 Å². The number of Topliss-reactive ketones (excluding diaryl/α,β-unsaturated/α-hetero) is 1. The van der Waals surface area contributed by atoms with Crippen molar-refractivity contribution in [2.24, 2.45) is 0 Å². The largest absolute Gasteiger partial charge is 0.462 e. The van der Waals surface area contributed by atoms with E-state index in [-0.39, 0.29) is 17.9 Å². The van der Waals surface area contributed by atoms with Gasteiger partial charge >= 0.3 is 5.97 Å². The number of aromatic amines is 1. The summed E-state index contributed by atoms with van der Waals surface area (Å²) in [5, 5.41) is 2.72. The summed E-state index contributed by atoms with van der Waals surface area (Å²) in [6.07, 6.45) is 7.51. The lowest BCUT2D eigenvalue weighted by Crippen LogP contribution is -2.32. The van der Waals surface area contributed by atoms with Crippen molar-refractivity contribution >= 4 is 17.7 Å². The van der Waals surface area contributed by atoms with Gasteiger partial charge in [-0.05, 0) is 51.5 Å². The summed E-state index contributed by atoms with van der Waals surface area (Å²) in [4.78, 5) is 41.0. The minimum absolute atomic E-state index is 0.108. The highest BCUT2D eigenvalue weighted by molar-refractivity contribution is 6.43. The van der Waals surface area contributed by atoms with Gasteiger partial charge < -0.3 is 15.0 Å². The zero-order chi connectivity index (χ0) is 21.5. The Balaban J connectivity index is 1.84. The monoisotopic (exact) mass is 408 g/mol. The maximum absolute atomic E-state index is 13.0. The standard InChI is InChI=1S/C24H28N2O4/c1-3-30-24(29)19-16(2)26-21(20(19)18-12-8-5-9-13-18)22(27)23(28)25-15-14-17-10-6-4-7-11-17/h5,8-10,12-13,26H,3-4,6-7,11,14-15H2,1-2H3,(H,25,28). The Morgan fingerprint density at radius 3 is 2.57 bits per heavy atom. The van der Waals surface area contributed by atoms with Gasteiger partial charge in [-0.15, -0.1) is 0 Å². The summed E-state index contributed by atoms with van der Waals surface area (Å²) in [5.41, 5.74) is 3.30. The first-order valence-corrected chi connectivity index (χ1v) is 10.5. The summed E-state index contributed by atoms with van der Waals surface area (Å²) >= 11 is 0. The van der Waals surface area contributed by atoms with Crippen molar-refractivity contribution in [3.8, 4) is 11.1 Å². The first kappa shape index (κ1) is 21.6. The highest BCUT2D eigenvalue weighted by atomic mass is 16.5. The molecule has 0 radical (unpaired) electrons. The molecule has 3 rings (SSSR count). The molecule has 0 saturated carbocycles. The molecule has 0 atom stereocenters. The number of ketones is 1. The van der Waals surface area contributed by atoms with E-state index >= 15 is 0 Å². The average molecular weight is 408 g/mol. The lowest BCUT2D eigenvalue weighted by molar-refractivity contribution is -0.117. The van der Waals surface area contributed by atoms with Crippen LogP contribution in [0.5, 0.6) is 0 Å². The van der Waals surface area contributed by atoms with Crippen molar-refractivity contribution in [2.75, 3.05) is 13.2 Å². The lowest BCUT2D eigenvalue weighted by Gasteiger charge is -2.13. The number of benzene rings is 1. The van der Waals surface area contributed by atoms with Gasteiger partial charge in [0, 0.05) is 17.8 Å². The summed E-state index contributed by atoms with van der Waals surface area (Å²) in [6, 6.07) is 9.09. The smallest absolute Gasteiger partial charge is 0.340 e. The molecule has 6 heteroatoms. The van der Waals surface area contributed by atoms with Gasteiger partial charge in [0.15, 0.2) is 0 Å². The molecule has 1 amide bonds.